The molecule has 6 heteroatoms. The van der Waals surface area contributed by atoms with Gasteiger partial charge in [0.15, 0.2) is 0 Å². The molecule has 0 aliphatic carbocycles. The first-order valence-electron chi connectivity index (χ1n) is 6.57. The van der Waals surface area contributed by atoms with Gasteiger partial charge in [-0.1, -0.05) is 12.1 Å². The first kappa shape index (κ1) is 14.3. The third-order valence-electron chi connectivity index (χ3n) is 3.02. The van der Waals surface area contributed by atoms with Crippen LogP contribution >= 0.6 is 0 Å². The molecule has 1 aromatic heterocycles. The van der Waals surface area contributed by atoms with Crippen molar-refractivity contribution in [2.24, 2.45) is 0 Å². The van der Waals surface area contributed by atoms with Gasteiger partial charge in [0.25, 0.3) is 0 Å². The van der Waals surface area contributed by atoms with Crippen molar-refractivity contribution in [2.75, 3.05) is 46.2 Å². The normalized spacial score (nSPS) is 11.1. The third kappa shape index (κ3) is 3.08. The van der Waals surface area contributed by atoms with E-state index < -0.39 is 0 Å². The molecule has 2 rings (SSSR count). The highest BCUT2D eigenvalue weighted by Crippen LogP contribution is 2.17. The summed E-state index contributed by atoms with van der Waals surface area (Å²) in [7, 11) is 7.45. The standard InChI is InChI=1S/C14H21N5O/c1-17(2)9-10-19(14(20)18(3)4)13-15-11-7-5-6-8-12(11)16-13/h5-8H,9-10H2,1-4H3,(H,15,16). The molecular formula is C14H21N5O. The van der Waals surface area contributed by atoms with Gasteiger partial charge >= 0.3 is 6.03 Å². The zero-order valence-corrected chi connectivity index (χ0v) is 12.4. The van der Waals surface area contributed by atoms with Crippen LogP contribution in [-0.4, -0.2) is 67.1 Å². The third-order valence-corrected chi connectivity index (χ3v) is 3.02. The lowest BCUT2D eigenvalue weighted by molar-refractivity contribution is 0.222. The molecule has 0 fully saturated rings. The Morgan fingerprint density at radius 2 is 1.85 bits per heavy atom. The van der Waals surface area contributed by atoms with Crippen LogP contribution in [0.25, 0.3) is 11.0 Å². The number of imidazole rings is 1. The average molecular weight is 275 g/mol. The molecule has 0 radical (unpaired) electrons. The summed E-state index contributed by atoms with van der Waals surface area (Å²) in [5, 5.41) is 0. The first-order valence-corrected chi connectivity index (χ1v) is 6.57. The Kier molecular flexibility index (Phi) is 4.24. The van der Waals surface area contributed by atoms with E-state index in [1.165, 1.54) is 0 Å². The quantitative estimate of drug-likeness (QED) is 0.922. The molecule has 2 amide bonds. The van der Waals surface area contributed by atoms with Crippen molar-refractivity contribution in [1.29, 1.82) is 0 Å². The number of likely N-dealkylation sites (N-methyl/N-ethyl adjacent to an activating group) is 1. The van der Waals surface area contributed by atoms with Gasteiger partial charge in [-0.15, -0.1) is 0 Å². The Balaban J connectivity index is 2.31. The smallest absolute Gasteiger partial charge is 0.326 e. The van der Waals surface area contributed by atoms with E-state index >= 15 is 0 Å². The Morgan fingerprint density at radius 3 is 2.45 bits per heavy atom. The van der Waals surface area contributed by atoms with Gasteiger partial charge in [-0.05, 0) is 26.2 Å². The summed E-state index contributed by atoms with van der Waals surface area (Å²) >= 11 is 0. The summed E-state index contributed by atoms with van der Waals surface area (Å²) in [4.78, 5) is 25.3. The van der Waals surface area contributed by atoms with Crippen LogP contribution in [0.3, 0.4) is 0 Å². The molecule has 0 saturated heterocycles. The lowest BCUT2D eigenvalue weighted by atomic mass is 10.3. The monoisotopic (exact) mass is 275 g/mol. The number of carbonyl (C=O) groups excluding carboxylic acids is 1. The zero-order chi connectivity index (χ0) is 14.7. The topological polar surface area (TPSA) is 55.5 Å². The van der Waals surface area contributed by atoms with Crippen LogP contribution in [0.15, 0.2) is 24.3 Å². The molecule has 2 aromatic rings. The number of carbonyl (C=O) groups is 1. The molecule has 6 nitrogen and oxygen atoms in total. The number of aromatic nitrogens is 2. The maximum atomic E-state index is 12.3. The van der Waals surface area contributed by atoms with Crippen molar-refractivity contribution in [3.8, 4) is 0 Å². The number of nitrogens with zero attached hydrogens (tertiary/aromatic N) is 4. The number of H-pyrrole nitrogens is 1. The maximum Gasteiger partial charge on any atom is 0.326 e. The average Bonchev–Trinajstić information content (AvgIpc) is 2.81. The van der Waals surface area contributed by atoms with Crippen molar-refractivity contribution < 1.29 is 4.79 Å². The summed E-state index contributed by atoms with van der Waals surface area (Å²) in [6.07, 6.45) is 0. The molecule has 1 heterocycles. The van der Waals surface area contributed by atoms with E-state index in [1.807, 2.05) is 43.3 Å². The van der Waals surface area contributed by atoms with Crippen LogP contribution in [0.2, 0.25) is 0 Å². The minimum Gasteiger partial charge on any atom is -0.330 e. The van der Waals surface area contributed by atoms with Gasteiger partial charge in [0.2, 0.25) is 5.95 Å². The number of urea groups is 1. The Hall–Kier alpha value is -2.08. The molecule has 0 unspecified atom stereocenters. The Bertz CT molecular complexity index is 557. The van der Waals surface area contributed by atoms with E-state index in [2.05, 4.69) is 9.97 Å². The molecule has 0 aliphatic heterocycles. The predicted octanol–water partition coefficient (Wildman–Crippen LogP) is 1.61. The Morgan fingerprint density at radius 1 is 1.15 bits per heavy atom. The molecule has 0 atom stereocenters. The van der Waals surface area contributed by atoms with Crippen LogP contribution in [-0.2, 0) is 0 Å². The number of hydrogen-bond donors (Lipinski definition) is 1. The number of nitrogens with one attached hydrogen (secondary N) is 1. The number of rotatable bonds is 4. The van der Waals surface area contributed by atoms with E-state index in [9.17, 15) is 4.79 Å². The Labute approximate surface area is 119 Å². The van der Waals surface area contributed by atoms with Gasteiger partial charge in [0.1, 0.15) is 0 Å². The SMILES string of the molecule is CN(C)CCN(C(=O)N(C)C)c1nc2ccccc2[nH]1. The molecule has 1 N–H and O–H groups in total. The number of fused-ring (bicyclic) bond motifs is 1. The number of para-hydroxylation sites is 2. The minimum absolute atomic E-state index is 0.0779. The van der Waals surface area contributed by atoms with Gasteiger partial charge in [0, 0.05) is 27.2 Å². The second-order valence-corrected chi connectivity index (χ2v) is 5.21. The number of benzene rings is 1. The zero-order valence-electron chi connectivity index (χ0n) is 12.4. The van der Waals surface area contributed by atoms with Gasteiger partial charge in [-0.25, -0.2) is 9.78 Å². The van der Waals surface area contributed by atoms with Crippen LogP contribution in [0.5, 0.6) is 0 Å². The second-order valence-electron chi connectivity index (χ2n) is 5.21. The van der Waals surface area contributed by atoms with Crippen molar-refractivity contribution >= 4 is 23.0 Å². The minimum atomic E-state index is -0.0779. The number of amides is 2. The van der Waals surface area contributed by atoms with Crippen molar-refractivity contribution in [2.45, 2.75) is 0 Å². The highest BCUT2D eigenvalue weighted by atomic mass is 16.2. The van der Waals surface area contributed by atoms with Crippen LogP contribution in [0.1, 0.15) is 0 Å². The fourth-order valence-electron chi connectivity index (χ4n) is 1.90. The van der Waals surface area contributed by atoms with E-state index in [0.717, 1.165) is 17.6 Å². The van der Waals surface area contributed by atoms with E-state index in [0.29, 0.717) is 12.5 Å². The fraction of sp³-hybridized carbons (Fsp3) is 0.429. The first-order chi connectivity index (χ1) is 9.49. The fourth-order valence-corrected chi connectivity index (χ4v) is 1.90. The lowest BCUT2D eigenvalue weighted by Crippen LogP contribution is -2.43. The lowest BCUT2D eigenvalue weighted by Gasteiger charge is -2.25. The summed E-state index contributed by atoms with van der Waals surface area (Å²) in [6.45, 7) is 1.36. The van der Waals surface area contributed by atoms with E-state index in [1.54, 1.807) is 23.9 Å². The maximum absolute atomic E-state index is 12.3. The summed E-state index contributed by atoms with van der Waals surface area (Å²) in [5.41, 5.74) is 1.80. The van der Waals surface area contributed by atoms with Gasteiger partial charge < -0.3 is 14.8 Å². The highest BCUT2D eigenvalue weighted by Gasteiger charge is 2.20. The molecule has 108 valence electrons. The molecular weight excluding hydrogens is 254 g/mol. The summed E-state index contributed by atoms with van der Waals surface area (Å²) in [5.74, 6) is 0.590. The highest BCUT2D eigenvalue weighted by molar-refractivity contribution is 5.91. The number of hydrogen-bond acceptors (Lipinski definition) is 3. The molecule has 0 bridgehead atoms. The number of anilines is 1. The van der Waals surface area contributed by atoms with Gasteiger partial charge in [-0.2, -0.15) is 0 Å². The van der Waals surface area contributed by atoms with Crippen molar-refractivity contribution in [1.82, 2.24) is 19.8 Å². The molecule has 20 heavy (non-hydrogen) atoms. The van der Waals surface area contributed by atoms with Crippen LogP contribution in [0.4, 0.5) is 10.7 Å². The van der Waals surface area contributed by atoms with Crippen molar-refractivity contribution in [3.05, 3.63) is 24.3 Å². The van der Waals surface area contributed by atoms with Crippen LogP contribution in [0, 0.1) is 0 Å². The molecule has 1 aromatic carbocycles. The van der Waals surface area contributed by atoms with Crippen molar-refractivity contribution in [3.63, 3.8) is 0 Å². The van der Waals surface area contributed by atoms with E-state index in [-0.39, 0.29) is 6.03 Å². The summed E-state index contributed by atoms with van der Waals surface area (Å²) in [6, 6.07) is 7.69. The second kappa shape index (κ2) is 5.92. The number of aromatic amines is 1. The summed E-state index contributed by atoms with van der Waals surface area (Å²) < 4.78 is 0. The van der Waals surface area contributed by atoms with Crippen LogP contribution < -0.4 is 4.90 Å². The molecule has 0 aliphatic rings. The molecule has 0 spiro atoms. The van der Waals surface area contributed by atoms with Gasteiger partial charge in [0.05, 0.1) is 11.0 Å². The van der Waals surface area contributed by atoms with Gasteiger partial charge in [-0.3, -0.25) is 4.90 Å². The van der Waals surface area contributed by atoms with E-state index in [4.69, 9.17) is 0 Å². The predicted molar refractivity (Wildman–Crippen MR) is 81.1 cm³/mol. The largest absolute Gasteiger partial charge is 0.330 e. The molecule has 0 saturated carbocycles.